The van der Waals surface area contributed by atoms with E-state index in [4.69, 9.17) is 9.47 Å². The molecule has 0 aliphatic heterocycles. The van der Waals surface area contributed by atoms with Crippen LogP contribution >= 0.6 is 0 Å². The van der Waals surface area contributed by atoms with Crippen molar-refractivity contribution in [3.63, 3.8) is 0 Å². The number of carbonyl (C=O) groups excluding carboxylic acids is 2. The number of hydrogen-bond donors (Lipinski definition) is 1. The molecule has 138 valence electrons. The maximum atomic E-state index is 12.1. The van der Waals surface area contributed by atoms with Gasteiger partial charge in [0.25, 0.3) is 5.91 Å². The molecular formula is C22H21NO4. The van der Waals surface area contributed by atoms with Crippen LogP contribution in [-0.4, -0.2) is 25.1 Å². The van der Waals surface area contributed by atoms with Gasteiger partial charge in [-0.3, -0.25) is 4.79 Å². The van der Waals surface area contributed by atoms with Crippen molar-refractivity contribution in [1.29, 1.82) is 0 Å². The monoisotopic (exact) mass is 363 g/mol. The number of benzene rings is 3. The van der Waals surface area contributed by atoms with E-state index in [2.05, 4.69) is 5.32 Å². The largest absolute Gasteiger partial charge is 0.482 e. The van der Waals surface area contributed by atoms with Gasteiger partial charge in [-0.1, -0.05) is 42.5 Å². The van der Waals surface area contributed by atoms with Crippen LogP contribution in [0.15, 0.2) is 60.7 Å². The zero-order valence-electron chi connectivity index (χ0n) is 15.3. The predicted octanol–water partition coefficient (Wildman–Crippen LogP) is 4.02. The molecule has 5 nitrogen and oxygen atoms in total. The minimum absolute atomic E-state index is 0.246. The lowest BCUT2D eigenvalue weighted by atomic mass is 10.1. The fourth-order valence-electron chi connectivity index (χ4n) is 2.65. The average Bonchev–Trinajstić information content (AvgIpc) is 2.67. The Morgan fingerprint density at radius 1 is 0.889 bits per heavy atom. The first-order chi connectivity index (χ1) is 13.0. The predicted molar refractivity (Wildman–Crippen MR) is 105 cm³/mol. The molecule has 3 aromatic carbocycles. The Bertz CT molecular complexity index is 976. The zero-order chi connectivity index (χ0) is 19.2. The van der Waals surface area contributed by atoms with E-state index in [0.29, 0.717) is 11.4 Å². The van der Waals surface area contributed by atoms with Crippen LogP contribution in [0.1, 0.15) is 11.1 Å². The van der Waals surface area contributed by atoms with Gasteiger partial charge in [0.1, 0.15) is 5.75 Å². The second-order valence-electron chi connectivity index (χ2n) is 6.27. The molecule has 0 spiro atoms. The lowest BCUT2D eigenvalue weighted by molar-refractivity contribution is -0.149. The van der Waals surface area contributed by atoms with Crippen molar-refractivity contribution in [2.24, 2.45) is 0 Å². The fraction of sp³-hybridized carbons (Fsp3) is 0.182. The molecule has 0 atom stereocenters. The molecule has 1 amide bonds. The Morgan fingerprint density at radius 2 is 1.67 bits per heavy atom. The van der Waals surface area contributed by atoms with Gasteiger partial charge in [0.05, 0.1) is 0 Å². The Balaban J connectivity index is 1.49. The van der Waals surface area contributed by atoms with Crippen LogP contribution in [0.3, 0.4) is 0 Å². The topological polar surface area (TPSA) is 64.6 Å². The van der Waals surface area contributed by atoms with E-state index in [0.717, 1.165) is 21.9 Å². The standard InChI is InChI=1S/C22H21NO4/c1-15-10-11-18(12-16(15)2)26-14-22(25)27-13-21(24)23-20-9-5-7-17-6-3-4-8-19(17)20/h3-12H,13-14H2,1-2H3,(H,23,24). The summed E-state index contributed by atoms with van der Waals surface area (Å²) in [7, 11) is 0. The van der Waals surface area contributed by atoms with Gasteiger partial charge in [0.15, 0.2) is 13.2 Å². The molecule has 3 aromatic rings. The van der Waals surface area contributed by atoms with E-state index in [-0.39, 0.29) is 13.2 Å². The van der Waals surface area contributed by atoms with Crippen LogP contribution in [0.5, 0.6) is 5.75 Å². The van der Waals surface area contributed by atoms with E-state index in [1.54, 1.807) is 6.07 Å². The molecule has 0 heterocycles. The van der Waals surface area contributed by atoms with Gasteiger partial charge in [-0.05, 0) is 48.6 Å². The van der Waals surface area contributed by atoms with Crippen molar-refractivity contribution >= 4 is 28.3 Å². The highest BCUT2D eigenvalue weighted by atomic mass is 16.6. The van der Waals surface area contributed by atoms with E-state index in [1.165, 1.54) is 0 Å². The second-order valence-corrected chi connectivity index (χ2v) is 6.27. The van der Waals surface area contributed by atoms with Crippen molar-refractivity contribution in [2.75, 3.05) is 18.5 Å². The first-order valence-corrected chi connectivity index (χ1v) is 8.66. The van der Waals surface area contributed by atoms with E-state index >= 15 is 0 Å². The molecule has 0 saturated heterocycles. The third-order valence-corrected chi connectivity index (χ3v) is 4.26. The molecule has 0 aliphatic carbocycles. The van der Waals surface area contributed by atoms with Crippen molar-refractivity contribution < 1.29 is 19.1 Å². The lowest BCUT2D eigenvalue weighted by Crippen LogP contribution is -2.23. The third-order valence-electron chi connectivity index (χ3n) is 4.26. The number of hydrogen-bond acceptors (Lipinski definition) is 4. The van der Waals surface area contributed by atoms with Gasteiger partial charge in [0.2, 0.25) is 0 Å². The van der Waals surface area contributed by atoms with E-state index in [9.17, 15) is 9.59 Å². The zero-order valence-corrected chi connectivity index (χ0v) is 15.3. The molecular weight excluding hydrogens is 342 g/mol. The summed E-state index contributed by atoms with van der Waals surface area (Å²) in [5, 5.41) is 4.72. The second kappa shape index (κ2) is 8.36. The van der Waals surface area contributed by atoms with Gasteiger partial charge in [-0.25, -0.2) is 4.79 Å². The fourth-order valence-corrected chi connectivity index (χ4v) is 2.65. The third kappa shape index (κ3) is 4.85. The summed E-state index contributed by atoms with van der Waals surface area (Å²) in [6, 6.07) is 18.9. The summed E-state index contributed by atoms with van der Waals surface area (Å²) in [6.07, 6.45) is 0. The summed E-state index contributed by atoms with van der Waals surface area (Å²) in [4.78, 5) is 23.9. The molecule has 0 radical (unpaired) electrons. The molecule has 0 unspecified atom stereocenters. The van der Waals surface area contributed by atoms with Gasteiger partial charge in [0, 0.05) is 11.1 Å². The number of aryl methyl sites for hydroxylation is 2. The maximum Gasteiger partial charge on any atom is 0.344 e. The summed E-state index contributed by atoms with van der Waals surface area (Å²) in [6.45, 7) is 3.36. The highest BCUT2D eigenvalue weighted by molar-refractivity contribution is 6.02. The molecule has 0 aromatic heterocycles. The number of nitrogens with one attached hydrogen (secondary N) is 1. The number of rotatable bonds is 6. The highest BCUT2D eigenvalue weighted by Crippen LogP contribution is 2.22. The molecule has 3 rings (SSSR count). The number of fused-ring (bicyclic) bond motifs is 1. The molecule has 5 heteroatoms. The van der Waals surface area contributed by atoms with Crippen molar-refractivity contribution in [2.45, 2.75) is 13.8 Å². The first-order valence-electron chi connectivity index (χ1n) is 8.66. The van der Waals surface area contributed by atoms with Crippen LogP contribution in [0.2, 0.25) is 0 Å². The van der Waals surface area contributed by atoms with Crippen molar-refractivity contribution in [3.05, 3.63) is 71.8 Å². The Kier molecular flexibility index (Phi) is 5.71. The minimum Gasteiger partial charge on any atom is -0.482 e. The Morgan fingerprint density at radius 3 is 2.48 bits per heavy atom. The maximum absolute atomic E-state index is 12.1. The quantitative estimate of drug-likeness (QED) is 0.672. The first kappa shape index (κ1) is 18.5. The van der Waals surface area contributed by atoms with Crippen LogP contribution < -0.4 is 10.1 Å². The Hall–Kier alpha value is -3.34. The van der Waals surface area contributed by atoms with Gasteiger partial charge in [-0.2, -0.15) is 0 Å². The van der Waals surface area contributed by atoms with Crippen LogP contribution in [0.4, 0.5) is 5.69 Å². The number of amides is 1. The van der Waals surface area contributed by atoms with Gasteiger partial charge in [-0.15, -0.1) is 0 Å². The SMILES string of the molecule is Cc1ccc(OCC(=O)OCC(=O)Nc2cccc3ccccc23)cc1C. The molecule has 0 fully saturated rings. The lowest BCUT2D eigenvalue weighted by Gasteiger charge is -2.10. The summed E-state index contributed by atoms with van der Waals surface area (Å²) >= 11 is 0. The van der Waals surface area contributed by atoms with Gasteiger partial charge < -0.3 is 14.8 Å². The van der Waals surface area contributed by atoms with Crippen molar-refractivity contribution in [1.82, 2.24) is 0 Å². The molecule has 0 aliphatic rings. The highest BCUT2D eigenvalue weighted by Gasteiger charge is 2.10. The number of anilines is 1. The molecule has 27 heavy (non-hydrogen) atoms. The van der Waals surface area contributed by atoms with Gasteiger partial charge >= 0.3 is 5.97 Å². The average molecular weight is 363 g/mol. The normalized spacial score (nSPS) is 10.4. The van der Waals surface area contributed by atoms with E-state index < -0.39 is 11.9 Å². The van der Waals surface area contributed by atoms with Crippen LogP contribution in [0.25, 0.3) is 10.8 Å². The summed E-state index contributed by atoms with van der Waals surface area (Å²) < 4.78 is 10.4. The number of carbonyl (C=O) groups is 2. The number of ether oxygens (including phenoxy) is 2. The molecule has 1 N–H and O–H groups in total. The number of esters is 1. The smallest absolute Gasteiger partial charge is 0.344 e. The summed E-state index contributed by atoms with van der Waals surface area (Å²) in [5.41, 5.74) is 2.91. The van der Waals surface area contributed by atoms with Crippen LogP contribution in [0, 0.1) is 13.8 Å². The van der Waals surface area contributed by atoms with Crippen LogP contribution in [-0.2, 0) is 14.3 Å². The molecule has 0 saturated carbocycles. The Labute approximate surface area is 157 Å². The summed E-state index contributed by atoms with van der Waals surface area (Å²) in [5.74, 6) is -0.401. The van der Waals surface area contributed by atoms with Crippen molar-refractivity contribution in [3.8, 4) is 5.75 Å². The molecule has 0 bridgehead atoms. The van der Waals surface area contributed by atoms with E-state index in [1.807, 2.05) is 68.4 Å². The minimum atomic E-state index is -0.596.